The second kappa shape index (κ2) is 11.8. The molecule has 1 fully saturated rings. The largest absolute Gasteiger partial charge is 0.484 e. The number of nitrogens with one attached hydrogen (secondary N) is 1. The molecule has 1 aliphatic heterocycles. The molecule has 4 aromatic rings. The van der Waals surface area contributed by atoms with Crippen LogP contribution in [-0.2, 0) is 9.59 Å². The molecule has 2 amide bonds. The van der Waals surface area contributed by atoms with Crippen LogP contribution in [0.3, 0.4) is 0 Å². The number of hydrogen-bond donors (Lipinski definition) is 1. The van der Waals surface area contributed by atoms with Gasteiger partial charge in [0.05, 0.1) is 16.3 Å². The van der Waals surface area contributed by atoms with Gasteiger partial charge in [0.15, 0.2) is 11.8 Å². The molecule has 0 radical (unpaired) electrons. The molecule has 0 aliphatic carbocycles. The number of halogens is 1. The zero-order valence-electron chi connectivity index (χ0n) is 20.1. The zero-order chi connectivity index (χ0) is 26.3. The highest BCUT2D eigenvalue weighted by molar-refractivity contribution is 8.19. The number of ether oxygens (including phenoxy) is 1. The van der Waals surface area contributed by atoms with Crippen molar-refractivity contribution in [3.63, 3.8) is 0 Å². The van der Waals surface area contributed by atoms with E-state index in [1.165, 1.54) is 11.8 Å². The topological polar surface area (TPSA) is 71.0 Å². The van der Waals surface area contributed by atoms with E-state index in [1.54, 1.807) is 41.3 Å². The van der Waals surface area contributed by atoms with Crippen molar-refractivity contribution in [3.05, 3.63) is 125 Å². The Balaban J connectivity index is 1.28. The molecule has 8 heteroatoms. The van der Waals surface area contributed by atoms with E-state index in [2.05, 4.69) is 5.32 Å². The maximum atomic E-state index is 13.4. The number of amidine groups is 1. The van der Waals surface area contributed by atoms with Gasteiger partial charge in [-0.15, -0.1) is 0 Å². The standard InChI is InChI=1S/C30H22ClN3O3S/c31-22-13-15-24(16-14-22)32-28(35)20-37-26-17-11-21(12-18-26)19-27-29(36)34(25-9-5-2-6-10-25)30(38-27)33-23-7-3-1-4-8-23/h1-19H,20H2,(H,32,35)/b27-19-,33-30?. The first kappa shape index (κ1) is 25.3. The number of nitrogens with zero attached hydrogens (tertiary/aromatic N) is 2. The summed E-state index contributed by atoms with van der Waals surface area (Å²) in [6, 6.07) is 33.1. The lowest BCUT2D eigenvalue weighted by Gasteiger charge is -2.15. The first-order valence-electron chi connectivity index (χ1n) is 11.8. The SMILES string of the molecule is O=C(COc1ccc(/C=C2\SC(=Nc3ccccc3)N(c3ccccc3)C2=O)cc1)Nc1ccc(Cl)cc1. The van der Waals surface area contributed by atoms with Gasteiger partial charge in [-0.1, -0.05) is 60.1 Å². The van der Waals surface area contributed by atoms with Gasteiger partial charge in [0.2, 0.25) is 0 Å². The lowest BCUT2D eigenvalue weighted by atomic mass is 10.2. The summed E-state index contributed by atoms with van der Waals surface area (Å²) in [5.74, 6) is 0.119. The van der Waals surface area contributed by atoms with Crippen molar-refractivity contribution in [1.29, 1.82) is 0 Å². The fourth-order valence-corrected chi connectivity index (χ4v) is 4.78. The highest BCUT2D eigenvalue weighted by Gasteiger charge is 2.34. The first-order valence-corrected chi connectivity index (χ1v) is 13.0. The number of benzene rings is 4. The third kappa shape index (κ3) is 6.32. The van der Waals surface area contributed by atoms with E-state index in [0.717, 1.165) is 16.9 Å². The van der Waals surface area contributed by atoms with Crippen LogP contribution in [0.5, 0.6) is 5.75 Å². The number of para-hydroxylation sites is 2. The number of amides is 2. The van der Waals surface area contributed by atoms with E-state index in [1.807, 2.05) is 78.9 Å². The van der Waals surface area contributed by atoms with Crippen molar-refractivity contribution in [2.24, 2.45) is 4.99 Å². The van der Waals surface area contributed by atoms with Crippen LogP contribution < -0.4 is 15.0 Å². The third-order valence-electron chi connectivity index (χ3n) is 5.48. The molecule has 1 N–H and O–H groups in total. The molecule has 0 unspecified atom stereocenters. The molecule has 1 heterocycles. The van der Waals surface area contributed by atoms with Gasteiger partial charge in [0.1, 0.15) is 5.75 Å². The molecule has 1 saturated heterocycles. The van der Waals surface area contributed by atoms with Crippen LogP contribution in [0.15, 0.2) is 119 Å². The van der Waals surface area contributed by atoms with E-state index in [4.69, 9.17) is 21.3 Å². The number of carbonyl (C=O) groups excluding carboxylic acids is 2. The Morgan fingerprint density at radius 3 is 2.24 bits per heavy atom. The molecule has 0 saturated carbocycles. The van der Waals surface area contributed by atoms with Crippen LogP contribution in [0.25, 0.3) is 6.08 Å². The highest BCUT2D eigenvalue weighted by Crippen LogP contribution is 2.37. The Labute approximate surface area is 229 Å². The molecular weight excluding hydrogens is 518 g/mol. The fourth-order valence-electron chi connectivity index (χ4n) is 3.66. The van der Waals surface area contributed by atoms with Crippen LogP contribution in [-0.4, -0.2) is 23.6 Å². The minimum atomic E-state index is -0.280. The summed E-state index contributed by atoms with van der Waals surface area (Å²) >= 11 is 7.20. The summed E-state index contributed by atoms with van der Waals surface area (Å²) in [4.78, 5) is 32.5. The van der Waals surface area contributed by atoms with E-state index in [9.17, 15) is 9.59 Å². The molecule has 0 atom stereocenters. The van der Waals surface area contributed by atoms with Gasteiger partial charge >= 0.3 is 0 Å². The Hall–Kier alpha value is -4.33. The van der Waals surface area contributed by atoms with E-state index in [-0.39, 0.29) is 18.4 Å². The maximum absolute atomic E-state index is 13.4. The quantitative estimate of drug-likeness (QED) is 0.253. The predicted molar refractivity (Wildman–Crippen MR) is 155 cm³/mol. The van der Waals surface area contributed by atoms with Crippen molar-refractivity contribution in [1.82, 2.24) is 0 Å². The minimum absolute atomic E-state index is 0.136. The van der Waals surface area contributed by atoms with Crippen LogP contribution in [0, 0.1) is 0 Å². The van der Waals surface area contributed by atoms with Crippen LogP contribution in [0.1, 0.15) is 5.56 Å². The number of aliphatic imine (C=N–C) groups is 1. The number of rotatable bonds is 7. The second-order valence-corrected chi connectivity index (χ2v) is 9.68. The average molecular weight is 540 g/mol. The maximum Gasteiger partial charge on any atom is 0.271 e. The van der Waals surface area contributed by atoms with E-state index in [0.29, 0.717) is 26.5 Å². The normalized spacial score (nSPS) is 15.2. The van der Waals surface area contributed by atoms with Crippen molar-refractivity contribution >= 4 is 63.5 Å². The number of hydrogen-bond acceptors (Lipinski definition) is 5. The molecule has 0 bridgehead atoms. The van der Waals surface area contributed by atoms with E-state index >= 15 is 0 Å². The van der Waals surface area contributed by atoms with Gasteiger partial charge in [0, 0.05) is 10.7 Å². The minimum Gasteiger partial charge on any atom is -0.484 e. The molecule has 0 spiro atoms. The van der Waals surface area contributed by atoms with Gasteiger partial charge in [-0.05, 0) is 84.1 Å². The van der Waals surface area contributed by atoms with Crippen molar-refractivity contribution in [2.45, 2.75) is 0 Å². The predicted octanol–water partition coefficient (Wildman–Crippen LogP) is 7.17. The summed E-state index contributed by atoms with van der Waals surface area (Å²) in [5.41, 5.74) is 2.99. The molecule has 188 valence electrons. The van der Waals surface area contributed by atoms with Gasteiger partial charge in [-0.25, -0.2) is 4.99 Å². The Morgan fingerprint density at radius 2 is 1.55 bits per heavy atom. The monoisotopic (exact) mass is 539 g/mol. The molecule has 4 aromatic carbocycles. The van der Waals surface area contributed by atoms with Crippen LogP contribution in [0.4, 0.5) is 17.1 Å². The van der Waals surface area contributed by atoms with Crippen LogP contribution >= 0.6 is 23.4 Å². The Kier molecular flexibility index (Phi) is 7.87. The van der Waals surface area contributed by atoms with Gasteiger partial charge in [0.25, 0.3) is 11.8 Å². The van der Waals surface area contributed by atoms with Crippen molar-refractivity contribution in [2.75, 3.05) is 16.8 Å². The Bertz CT molecular complexity index is 1490. The molecule has 0 aromatic heterocycles. The number of anilines is 2. The summed E-state index contributed by atoms with van der Waals surface area (Å²) in [6.07, 6.45) is 1.83. The second-order valence-electron chi connectivity index (χ2n) is 8.23. The Morgan fingerprint density at radius 1 is 0.895 bits per heavy atom. The summed E-state index contributed by atoms with van der Waals surface area (Å²) in [5, 5.41) is 3.94. The molecular formula is C30H22ClN3O3S. The summed E-state index contributed by atoms with van der Waals surface area (Å²) in [7, 11) is 0. The molecule has 38 heavy (non-hydrogen) atoms. The smallest absolute Gasteiger partial charge is 0.271 e. The fraction of sp³-hybridized carbons (Fsp3) is 0.0333. The number of thioether (sulfide) groups is 1. The summed E-state index contributed by atoms with van der Waals surface area (Å²) < 4.78 is 5.61. The van der Waals surface area contributed by atoms with Gasteiger partial charge in [-0.2, -0.15) is 0 Å². The lowest BCUT2D eigenvalue weighted by Crippen LogP contribution is -2.28. The third-order valence-corrected chi connectivity index (χ3v) is 6.70. The highest BCUT2D eigenvalue weighted by atomic mass is 35.5. The first-order chi connectivity index (χ1) is 18.5. The zero-order valence-corrected chi connectivity index (χ0v) is 21.7. The van der Waals surface area contributed by atoms with Crippen LogP contribution in [0.2, 0.25) is 5.02 Å². The lowest BCUT2D eigenvalue weighted by molar-refractivity contribution is -0.118. The van der Waals surface area contributed by atoms with Crippen molar-refractivity contribution < 1.29 is 14.3 Å². The van der Waals surface area contributed by atoms with Crippen molar-refractivity contribution in [3.8, 4) is 5.75 Å². The molecule has 5 rings (SSSR count). The molecule has 1 aliphatic rings. The van der Waals surface area contributed by atoms with Gasteiger partial charge < -0.3 is 10.1 Å². The van der Waals surface area contributed by atoms with Gasteiger partial charge in [-0.3, -0.25) is 14.5 Å². The number of carbonyl (C=O) groups is 2. The van der Waals surface area contributed by atoms with E-state index < -0.39 is 0 Å². The molecule has 6 nitrogen and oxygen atoms in total. The average Bonchev–Trinajstić information content (AvgIpc) is 3.24. The summed E-state index contributed by atoms with van der Waals surface area (Å²) in [6.45, 7) is -0.136.